The maximum atomic E-state index is 12.9. The number of allylic oxidation sites excluding steroid dienone is 16. The molecule has 0 aromatic carbocycles. The number of hydrogen-bond donors (Lipinski definition) is 0. The van der Waals surface area contributed by atoms with Gasteiger partial charge in [-0.25, -0.2) is 0 Å². The van der Waals surface area contributed by atoms with Gasteiger partial charge in [0.25, 0.3) is 0 Å². The predicted octanol–water partition coefficient (Wildman–Crippen LogP) is 20.9. The SMILES string of the molecule is CC/C=C\C/C=C\C/C=C\C/C=C\C/C=C\CCCCCC(=O)O[C@H](COC(=O)CCCCCCC/C=C\C/C=C\CCCCC)COC(=O)CCCCCCCCCCCCC/C=C\CCCCCCCC. The second-order valence-electron chi connectivity index (χ2n) is 20.2. The molecule has 0 rings (SSSR count). The van der Waals surface area contributed by atoms with Crippen LogP contribution in [0.4, 0.5) is 0 Å². The third-order valence-electron chi connectivity index (χ3n) is 13.0. The molecular formula is C67H114O6. The van der Waals surface area contributed by atoms with E-state index < -0.39 is 6.10 Å². The quantitative estimate of drug-likeness (QED) is 0.0261. The highest BCUT2D eigenvalue weighted by Crippen LogP contribution is 2.15. The normalized spacial score (nSPS) is 12.8. The summed E-state index contributed by atoms with van der Waals surface area (Å²) in [4.78, 5) is 38.3. The van der Waals surface area contributed by atoms with Crippen LogP contribution < -0.4 is 0 Å². The lowest BCUT2D eigenvalue weighted by atomic mass is 10.0. The number of carbonyl (C=O) groups is 3. The Labute approximate surface area is 451 Å². The fourth-order valence-corrected chi connectivity index (χ4v) is 8.44. The lowest BCUT2D eigenvalue weighted by Gasteiger charge is -2.18. The zero-order valence-electron chi connectivity index (χ0n) is 47.9. The van der Waals surface area contributed by atoms with Crippen molar-refractivity contribution in [3.05, 3.63) is 97.2 Å². The molecule has 0 unspecified atom stereocenters. The summed E-state index contributed by atoms with van der Waals surface area (Å²) in [5.74, 6) is -0.936. The van der Waals surface area contributed by atoms with E-state index in [-0.39, 0.29) is 37.5 Å². The monoisotopic (exact) mass is 1010 g/mol. The van der Waals surface area contributed by atoms with Crippen molar-refractivity contribution in [2.45, 2.75) is 297 Å². The highest BCUT2D eigenvalue weighted by Gasteiger charge is 2.19. The van der Waals surface area contributed by atoms with Gasteiger partial charge in [-0.2, -0.15) is 0 Å². The van der Waals surface area contributed by atoms with E-state index >= 15 is 0 Å². The van der Waals surface area contributed by atoms with Crippen molar-refractivity contribution in [3.8, 4) is 0 Å². The van der Waals surface area contributed by atoms with Gasteiger partial charge in [0.1, 0.15) is 13.2 Å². The second kappa shape index (κ2) is 60.9. The van der Waals surface area contributed by atoms with Crippen LogP contribution in [-0.4, -0.2) is 37.2 Å². The molecule has 1 atom stereocenters. The molecule has 6 heteroatoms. The molecule has 0 aliphatic rings. The minimum atomic E-state index is -0.803. The van der Waals surface area contributed by atoms with E-state index in [1.165, 1.54) is 128 Å². The van der Waals surface area contributed by atoms with Crippen LogP contribution in [0.2, 0.25) is 0 Å². The highest BCUT2D eigenvalue weighted by molar-refractivity contribution is 5.71. The number of hydrogen-bond acceptors (Lipinski definition) is 6. The van der Waals surface area contributed by atoms with Crippen LogP contribution in [0.15, 0.2) is 97.2 Å². The van der Waals surface area contributed by atoms with Gasteiger partial charge >= 0.3 is 17.9 Å². The molecule has 0 fully saturated rings. The summed E-state index contributed by atoms with van der Waals surface area (Å²) in [7, 11) is 0. The predicted molar refractivity (Wildman–Crippen MR) is 316 cm³/mol. The van der Waals surface area contributed by atoms with Crippen molar-refractivity contribution < 1.29 is 28.6 Å². The summed E-state index contributed by atoms with van der Waals surface area (Å²) in [6.45, 7) is 6.48. The standard InChI is InChI=1S/C67H114O6/c1-4-7-10-13-16-19-22-25-28-30-32-33-35-36-39-42-45-48-51-54-57-60-66(69)72-63-64(62-71-65(68)59-56-53-50-47-44-41-38-27-24-21-18-15-12-9-6-3)73-67(70)61-58-55-52-49-46-43-40-37-34-31-29-26-23-20-17-14-11-8-5-2/h8,11,17-18,20-21,25-29,34,37-38,43,46,64H,4-7,9-10,12-16,19,22-24,30-33,35-36,39-42,44-45,47-63H2,1-3H3/b11-8-,20-17-,21-18-,28-25-,29-26-,37-34-,38-27-,46-43-/t64-/m1/s1. The summed E-state index contributed by atoms with van der Waals surface area (Å²) in [5.41, 5.74) is 0. The topological polar surface area (TPSA) is 78.9 Å². The van der Waals surface area contributed by atoms with Crippen molar-refractivity contribution in [2.24, 2.45) is 0 Å². The van der Waals surface area contributed by atoms with Crippen LogP contribution in [0.5, 0.6) is 0 Å². The van der Waals surface area contributed by atoms with Gasteiger partial charge in [0.2, 0.25) is 0 Å². The second-order valence-corrected chi connectivity index (χ2v) is 20.2. The number of unbranched alkanes of at least 4 members (excludes halogenated alkanes) is 28. The Morgan fingerprint density at radius 3 is 0.890 bits per heavy atom. The third-order valence-corrected chi connectivity index (χ3v) is 13.0. The molecule has 0 aliphatic carbocycles. The molecular weight excluding hydrogens is 901 g/mol. The molecule has 0 bridgehead atoms. The largest absolute Gasteiger partial charge is 0.462 e. The molecule has 6 nitrogen and oxygen atoms in total. The number of esters is 3. The maximum absolute atomic E-state index is 12.9. The molecule has 0 aliphatic heterocycles. The Hall–Kier alpha value is -3.67. The maximum Gasteiger partial charge on any atom is 0.306 e. The molecule has 0 saturated carbocycles. The van der Waals surface area contributed by atoms with E-state index in [0.29, 0.717) is 12.8 Å². The minimum absolute atomic E-state index is 0.0957. The average molecular weight is 1020 g/mol. The Bertz CT molecular complexity index is 1440. The van der Waals surface area contributed by atoms with Gasteiger partial charge < -0.3 is 14.2 Å². The van der Waals surface area contributed by atoms with Crippen molar-refractivity contribution >= 4 is 17.9 Å². The fraction of sp³-hybridized carbons (Fsp3) is 0.716. The highest BCUT2D eigenvalue weighted by atomic mass is 16.6. The van der Waals surface area contributed by atoms with Gasteiger partial charge in [-0.15, -0.1) is 0 Å². The first-order valence-corrected chi connectivity index (χ1v) is 30.7. The first-order chi connectivity index (χ1) is 36.0. The molecule has 0 N–H and O–H groups in total. The lowest BCUT2D eigenvalue weighted by Crippen LogP contribution is -2.30. The molecule has 0 radical (unpaired) electrons. The van der Waals surface area contributed by atoms with Crippen LogP contribution in [0.1, 0.15) is 290 Å². The number of rotatable bonds is 55. The van der Waals surface area contributed by atoms with Crippen LogP contribution in [0.25, 0.3) is 0 Å². The Kier molecular flexibility index (Phi) is 57.8. The zero-order valence-corrected chi connectivity index (χ0v) is 47.9. The third kappa shape index (κ3) is 59.1. The van der Waals surface area contributed by atoms with Crippen LogP contribution in [0, 0.1) is 0 Å². The van der Waals surface area contributed by atoms with Gasteiger partial charge in [-0.05, 0) is 122 Å². The Morgan fingerprint density at radius 1 is 0.288 bits per heavy atom. The summed E-state index contributed by atoms with van der Waals surface area (Å²) in [6.07, 6.45) is 81.2. The van der Waals surface area contributed by atoms with E-state index in [2.05, 4.69) is 118 Å². The van der Waals surface area contributed by atoms with Crippen molar-refractivity contribution in [2.75, 3.05) is 13.2 Å². The van der Waals surface area contributed by atoms with E-state index in [4.69, 9.17) is 14.2 Å². The van der Waals surface area contributed by atoms with Gasteiger partial charge in [-0.3, -0.25) is 14.4 Å². The lowest BCUT2D eigenvalue weighted by molar-refractivity contribution is -0.167. The number of carbonyl (C=O) groups excluding carboxylic acids is 3. The molecule has 0 amide bonds. The minimum Gasteiger partial charge on any atom is -0.462 e. The average Bonchev–Trinajstić information content (AvgIpc) is 3.39. The Balaban J connectivity index is 4.44. The number of ether oxygens (including phenoxy) is 3. The van der Waals surface area contributed by atoms with Gasteiger partial charge in [-0.1, -0.05) is 246 Å². The van der Waals surface area contributed by atoms with E-state index in [1.807, 2.05) is 0 Å². The molecule has 418 valence electrons. The van der Waals surface area contributed by atoms with Crippen LogP contribution in [-0.2, 0) is 28.6 Å². The molecule has 0 aromatic rings. The molecule has 0 heterocycles. The van der Waals surface area contributed by atoms with Crippen molar-refractivity contribution in [1.29, 1.82) is 0 Å². The molecule has 0 saturated heterocycles. The van der Waals surface area contributed by atoms with Crippen LogP contribution >= 0.6 is 0 Å². The summed E-state index contributed by atoms with van der Waals surface area (Å²) in [6, 6.07) is 0. The van der Waals surface area contributed by atoms with E-state index in [1.54, 1.807) is 0 Å². The van der Waals surface area contributed by atoms with Gasteiger partial charge in [0.05, 0.1) is 0 Å². The molecule has 0 aromatic heterocycles. The van der Waals surface area contributed by atoms with Gasteiger partial charge in [0.15, 0.2) is 6.10 Å². The smallest absolute Gasteiger partial charge is 0.306 e. The zero-order chi connectivity index (χ0) is 52.9. The summed E-state index contributed by atoms with van der Waals surface area (Å²) >= 11 is 0. The first-order valence-electron chi connectivity index (χ1n) is 30.7. The Morgan fingerprint density at radius 2 is 0.534 bits per heavy atom. The summed E-state index contributed by atoms with van der Waals surface area (Å²) in [5, 5.41) is 0. The summed E-state index contributed by atoms with van der Waals surface area (Å²) < 4.78 is 16.9. The molecule has 0 spiro atoms. The van der Waals surface area contributed by atoms with E-state index in [0.717, 1.165) is 122 Å². The fourth-order valence-electron chi connectivity index (χ4n) is 8.44. The van der Waals surface area contributed by atoms with Crippen molar-refractivity contribution in [3.63, 3.8) is 0 Å². The van der Waals surface area contributed by atoms with Crippen LogP contribution in [0.3, 0.4) is 0 Å². The molecule has 73 heavy (non-hydrogen) atoms. The van der Waals surface area contributed by atoms with Crippen molar-refractivity contribution in [1.82, 2.24) is 0 Å². The first kappa shape index (κ1) is 69.3. The van der Waals surface area contributed by atoms with E-state index in [9.17, 15) is 14.4 Å². The van der Waals surface area contributed by atoms with Gasteiger partial charge in [0, 0.05) is 19.3 Å².